The van der Waals surface area contributed by atoms with E-state index in [1.165, 1.54) is 0 Å². The van der Waals surface area contributed by atoms with Crippen LogP contribution in [0.4, 0.5) is 0 Å². The van der Waals surface area contributed by atoms with E-state index in [2.05, 4.69) is 10.4 Å². The molecule has 2 heterocycles. The smallest absolute Gasteiger partial charge is 0.244 e. The zero-order chi connectivity index (χ0) is 14.7. The van der Waals surface area contributed by atoms with Crippen molar-refractivity contribution in [3.63, 3.8) is 0 Å². The molecule has 2 aromatic rings. The predicted molar refractivity (Wildman–Crippen MR) is 76.2 cm³/mol. The van der Waals surface area contributed by atoms with Gasteiger partial charge in [0, 0.05) is 18.9 Å². The standard InChI is InChI=1S/C15H17N3O3/c1-11(18-6-2-5-17-18)15(19)16-10-12-3-4-13-14(9-12)21-8-7-20-13/h2-6,9,11H,7-8,10H2,1H3,(H,16,19). The van der Waals surface area contributed by atoms with Gasteiger partial charge in [-0.15, -0.1) is 0 Å². The van der Waals surface area contributed by atoms with Crippen LogP contribution in [0.5, 0.6) is 11.5 Å². The van der Waals surface area contributed by atoms with Crippen molar-refractivity contribution in [2.75, 3.05) is 13.2 Å². The van der Waals surface area contributed by atoms with Crippen LogP contribution in [0.1, 0.15) is 18.5 Å². The van der Waals surface area contributed by atoms with Crippen LogP contribution >= 0.6 is 0 Å². The number of amides is 1. The summed E-state index contributed by atoms with van der Waals surface area (Å²) in [4.78, 5) is 12.1. The van der Waals surface area contributed by atoms with E-state index in [4.69, 9.17) is 9.47 Å². The van der Waals surface area contributed by atoms with E-state index in [0.717, 1.165) is 17.1 Å². The van der Waals surface area contributed by atoms with Gasteiger partial charge in [-0.3, -0.25) is 9.48 Å². The molecule has 0 saturated heterocycles. The van der Waals surface area contributed by atoms with Crippen molar-refractivity contribution in [2.24, 2.45) is 0 Å². The van der Waals surface area contributed by atoms with Crippen molar-refractivity contribution in [1.29, 1.82) is 0 Å². The Hall–Kier alpha value is -2.50. The van der Waals surface area contributed by atoms with E-state index in [-0.39, 0.29) is 11.9 Å². The van der Waals surface area contributed by atoms with Crippen LogP contribution in [-0.4, -0.2) is 28.9 Å². The summed E-state index contributed by atoms with van der Waals surface area (Å²) in [6.07, 6.45) is 3.43. The van der Waals surface area contributed by atoms with Crippen LogP contribution in [-0.2, 0) is 11.3 Å². The van der Waals surface area contributed by atoms with Crippen LogP contribution in [0.2, 0.25) is 0 Å². The Morgan fingerprint density at radius 2 is 2.19 bits per heavy atom. The molecule has 21 heavy (non-hydrogen) atoms. The fourth-order valence-electron chi connectivity index (χ4n) is 2.16. The van der Waals surface area contributed by atoms with E-state index in [9.17, 15) is 4.79 Å². The minimum Gasteiger partial charge on any atom is -0.486 e. The Labute approximate surface area is 122 Å². The third kappa shape index (κ3) is 2.99. The maximum absolute atomic E-state index is 12.1. The summed E-state index contributed by atoms with van der Waals surface area (Å²) in [6.45, 7) is 3.39. The molecule has 1 unspecified atom stereocenters. The summed E-state index contributed by atoms with van der Waals surface area (Å²) >= 11 is 0. The lowest BCUT2D eigenvalue weighted by Crippen LogP contribution is -2.30. The molecule has 1 aromatic heterocycles. The summed E-state index contributed by atoms with van der Waals surface area (Å²) in [5, 5.41) is 6.97. The van der Waals surface area contributed by atoms with E-state index in [0.29, 0.717) is 19.8 Å². The maximum atomic E-state index is 12.1. The first-order valence-corrected chi connectivity index (χ1v) is 6.89. The number of ether oxygens (including phenoxy) is 2. The normalized spacial score (nSPS) is 14.5. The van der Waals surface area contributed by atoms with E-state index < -0.39 is 0 Å². The van der Waals surface area contributed by atoms with Crippen LogP contribution in [0.25, 0.3) is 0 Å². The Kier molecular flexibility index (Phi) is 3.77. The molecule has 1 atom stereocenters. The van der Waals surface area contributed by atoms with Crippen molar-refractivity contribution in [3.8, 4) is 11.5 Å². The molecule has 1 aliphatic rings. The highest BCUT2D eigenvalue weighted by molar-refractivity contribution is 5.79. The van der Waals surface area contributed by atoms with Crippen LogP contribution in [0.3, 0.4) is 0 Å². The largest absolute Gasteiger partial charge is 0.486 e. The van der Waals surface area contributed by atoms with Crippen molar-refractivity contribution in [2.45, 2.75) is 19.5 Å². The highest BCUT2D eigenvalue weighted by atomic mass is 16.6. The Balaban J connectivity index is 1.61. The van der Waals surface area contributed by atoms with Gasteiger partial charge in [-0.25, -0.2) is 0 Å². The fourth-order valence-corrected chi connectivity index (χ4v) is 2.16. The number of carbonyl (C=O) groups is 1. The molecule has 110 valence electrons. The molecule has 1 aliphatic heterocycles. The second kappa shape index (κ2) is 5.87. The minimum atomic E-state index is -0.336. The van der Waals surface area contributed by atoms with Gasteiger partial charge in [-0.05, 0) is 30.7 Å². The predicted octanol–water partition coefficient (Wildman–Crippen LogP) is 1.53. The second-order valence-electron chi connectivity index (χ2n) is 4.86. The molecule has 1 N–H and O–H groups in total. The van der Waals surface area contributed by atoms with E-state index >= 15 is 0 Å². The lowest BCUT2D eigenvalue weighted by atomic mass is 10.2. The third-order valence-corrected chi connectivity index (χ3v) is 3.37. The van der Waals surface area contributed by atoms with E-state index in [1.807, 2.05) is 25.1 Å². The average Bonchev–Trinajstić information content (AvgIpc) is 3.06. The zero-order valence-corrected chi connectivity index (χ0v) is 11.8. The van der Waals surface area contributed by atoms with Gasteiger partial charge in [0.15, 0.2) is 11.5 Å². The second-order valence-corrected chi connectivity index (χ2v) is 4.86. The van der Waals surface area contributed by atoms with Crippen molar-refractivity contribution in [3.05, 3.63) is 42.2 Å². The first kappa shape index (κ1) is 13.5. The van der Waals surface area contributed by atoms with Crippen LogP contribution in [0, 0.1) is 0 Å². The summed E-state index contributed by atoms with van der Waals surface area (Å²) in [5.41, 5.74) is 0.972. The van der Waals surface area contributed by atoms with Crippen LogP contribution < -0.4 is 14.8 Å². The maximum Gasteiger partial charge on any atom is 0.244 e. The van der Waals surface area contributed by atoms with Crippen molar-refractivity contribution in [1.82, 2.24) is 15.1 Å². The van der Waals surface area contributed by atoms with Crippen LogP contribution in [0.15, 0.2) is 36.7 Å². The number of carbonyl (C=O) groups excluding carboxylic acids is 1. The van der Waals surface area contributed by atoms with Gasteiger partial charge in [-0.2, -0.15) is 5.10 Å². The van der Waals surface area contributed by atoms with Gasteiger partial charge >= 0.3 is 0 Å². The molecule has 6 heteroatoms. The van der Waals surface area contributed by atoms with Crippen molar-refractivity contribution >= 4 is 5.91 Å². The van der Waals surface area contributed by atoms with Gasteiger partial charge < -0.3 is 14.8 Å². The van der Waals surface area contributed by atoms with Gasteiger partial charge in [0.25, 0.3) is 0 Å². The molecular weight excluding hydrogens is 270 g/mol. The fraction of sp³-hybridized carbons (Fsp3) is 0.333. The minimum absolute atomic E-state index is 0.0754. The number of hydrogen-bond acceptors (Lipinski definition) is 4. The number of fused-ring (bicyclic) bond motifs is 1. The van der Waals surface area contributed by atoms with Gasteiger partial charge in [0.2, 0.25) is 5.91 Å². The summed E-state index contributed by atoms with van der Waals surface area (Å²) in [6, 6.07) is 7.15. The number of nitrogens with zero attached hydrogens (tertiary/aromatic N) is 2. The molecule has 6 nitrogen and oxygen atoms in total. The Morgan fingerprint density at radius 1 is 1.38 bits per heavy atom. The molecular formula is C15H17N3O3. The van der Waals surface area contributed by atoms with E-state index in [1.54, 1.807) is 23.1 Å². The highest BCUT2D eigenvalue weighted by Gasteiger charge is 2.15. The van der Waals surface area contributed by atoms with Gasteiger partial charge in [-0.1, -0.05) is 6.07 Å². The molecule has 0 bridgehead atoms. The molecule has 0 fully saturated rings. The van der Waals surface area contributed by atoms with Crippen molar-refractivity contribution < 1.29 is 14.3 Å². The Morgan fingerprint density at radius 3 is 2.95 bits per heavy atom. The van der Waals surface area contributed by atoms with Gasteiger partial charge in [0.1, 0.15) is 19.3 Å². The molecule has 0 aliphatic carbocycles. The highest BCUT2D eigenvalue weighted by Crippen LogP contribution is 2.30. The lowest BCUT2D eigenvalue weighted by Gasteiger charge is -2.19. The summed E-state index contributed by atoms with van der Waals surface area (Å²) in [5.74, 6) is 1.41. The molecule has 1 aromatic carbocycles. The number of benzene rings is 1. The number of nitrogens with one attached hydrogen (secondary N) is 1. The summed E-state index contributed by atoms with van der Waals surface area (Å²) in [7, 11) is 0. The SMILES string of the molecule is CC(C(=O)NCc1ccc2c(c1)OCCO2)n1cccn1. The summed E-state index contributed by atoms with van der Waals surface area (Å²) < 4.78 is 12.6. The molecule has 1 amide bonds. The molecule has 0 saturated carbocycles. The number of rotatable bonds is 4. The average molecular weight is 287 g/mol. The monoisotopic (exact) mass is 287 g/mol. The number of aromatic nitrogens is 2. The molecule has 3 rings (SSSR count). The van der Waals surface area contributed by atoms with Gasteiger partial charge in [0.05, 0.1) is 0 Å². The lowest BCUT2D eigenvalue weighted by molar-refractivity contribution is -0.124. The zero-order valence-electron chi connectivity index (χ0n) is 11.8. The first-order valence-electron chi connectivity index (χ1n) is 6.89. The number of hydrogen-bond donors (Lipinski definition) is 1. The quantitative estimate of drug-likeness (QED) is 0.926. The topological polar surface area (TPSA) is 65.4 Å². The Bertz CT molecular complexity index is 625. The molecule has 0 spiro atoms. The molecule has 0 radical (unpaired) electrons. The first-order chi connectivity index (χ1) is 10.2. The third-order valence-electron chi connectivity index (χ3n) is 3.37.